The number of nitrogens with two attached hydrogens (primary N) is 2. The summed E-state index contributed by atoms with van der Waals surface area (Å²) in [5, 5.41) is 21.1. The van der Waals surface area contributed by atoms with Gasteiger partial charge in [-0.1, -0.05) is 6.07 Å². The first-order valence-electron chi connectivity index (χ1n) is 9.84. The summed E-state index contributed by atoms with van der Waals surface area (Å²) >= 11 is 0. The van der Waals surface area contributed by atoms with Gasteiger partial charge in [0.25, 0.3) is 0 Å². The van der Waals surface area contributed by atoms with E-state index in [2.05, 4.69) is 15.0 Å². The first-order valence-corrected chi connectivity index (χ1v) is 9.84. The zero-order valence-electron chi connectivity index (χ0n) is 17.3. The summed E-state index contributed by atoms with van der Waals surface area (Å²) in [6.45, 7) is 0. The molecule has 0 bridgehead atoms. The van der Waals surface area contributed by atoms with Crippen LogP contribution in [0.15, 0.2) is 30.9 Å². The fraction of sp³-hybridized carbons (Fsp3) is 0.450. The highest BCUT2D eigenvalue weighted by Crippen LogP contribution is 2.34. The fourth-order valence-electron chi connectivity index (χ4n) is 3.90. The molecule has 2 aromatic heterocycles. The number of methoxy groups -OCH3 is 2. The average Bonchev–Trinajstić information content (AvgIpc) is 3.31. The topological polar surface area (TPSA) is 164 Å². The van der Waals surface area contributed by atoms with Crippen molar-refractivity contribution >= 4 is 17.0 Å². The number of ether oxygens (including phenoxy) is 3. The van der Waals surface area contributed by atoms with E-state index in [1.807, 2.05) is 18.2 Å². The number of nitrogen functional groups attached to an aromatic ring is 1. The Bertz CT molecular complexity index is 1060. The molecular formula is C20H26N6O5. The molecule has 0 aliphatic carbocycles. The maximum absolute atomic E-state index is 10.6. The minimum Gasteiger partial charge on any atom is -0.493 e. The number of imidazole rings is 1. The van der Waals surface area contributed by atoms with Gasteiger partial charge < -0.3 is 35.9 Å². The molecule has 11 nitrogen and oxygen atoms in total. The number of rotatable bonds is 7. The first kappa shape index (κ1) is 21.2. The van der Waals surface area contributed by atoms with Crippen LogP contribution in [0.1, 0.15) is 18.2 Å². The monoisotopic (exact) mass is 430 g/mol. The SMILES string of the molecule is COc1ccc(CC(N)C[C@H]2O[C@@H](n3cnc4c(N)ncnc43)[C@H](O)[C@@H]2O)cc1OC. The molecule has 166 valence electrons. The molecule has 1 unspecified atom stereocenters. The molecule has 1 saturated heterocycles. The largest absolute Gasteiger partial charge is 0.493 e. The average molecular weight is 430 g/mol. The summed E-state index contributed by atoms with van der Waals surface area (Å²) in [7, 11) is 3.15. The molecule has 5 atom stereocenters. The second kappa shape index (κ2) is 8.63. The van der Waals surface area contributed by atoms with Crippen LogP contribution in [0.4, 0.5) is 5.82 Å². The molecule has 1 aromatic carbocycles. The Morgan fingerprint density at radius 1 is 1.13 bits per heavy atom. The van der Waals surface area contributed by atoms with Crippen LogP contribution in [0.25, 0.3) is 11.2 Å². The van der Waals surface area contributed by atoms with E-state index < -0.39 is 24.5 Å². The van der Waals surface area contributed by atoms with Crippen LogP contribution >= 0.6 is 0 Å². The Balaban J connectivity index is 1.46. The minimum absolute atomic E-state index is 0.227. The van der Waals surface area contributed by atoms with Crippen molar-refractivity contribution in [2.45, 2.75) is 43.4 Å². The summed E-state index contributed by atoms with van der Waals surface area (Å²) in [4.78, 5) is 12.3. The van der Waals surface area contributed by atoms with E-state index in [0.717, 1.165) is 5.56 Å². The van der Waals surface area contributed by atoms with Crippen LogP contribution in [0, 0.1) is 0 Å². The number of aromatic nitrogens is 4. The fourth-order valence-corrected chi connectivity index (χ4v) is 3.90. The van der Waals surface area contributed by atoms with Crippen molar-refractivity contribution in [2.75, 3.05) is 20.0 Å². The molecule has 0 amide bonds. The summed E-state index contributed by atoms with van der Waals surface area (Å²) in [6, 6.07) is 5.27. The van der Waals surface area contributed by atoms with Crippen molar-refractivity contribution < 1.29 is 24.4 Å². The molecule has 31 heavy (non-hydrogen) atoms. The number of nitrogens with zero attached hydrogens (tertiary/aromatic N) is 4. The van der Waals surface area contributed by atoms with Gasteiger partial charge in [0.2, 0.25) is 0 Å². The number of fused-ring (bicyclic) bond motifs is 1. The van der Waals surface area contributed by atoms with Gasteiger partial charge in [-0.25, -0.2) is 15.0 Å². The van der Waals surface area contributed by atoms with Crippen LogP contribution in [0.3, 0.4) is 0 Å². The van der Waals surface area contributed by atoms with E-state index in [0.29, 0.717) is 35.5 Å². The Morgan fingerprint density at radius 3 is 2.65 bits per heavy atom. The van der Waals surface area contributed by atoms with Crippen molar-refractivity contribution in [3.05, 3.63) is 36.4 Å². The van der Waals surface area contributed by atoms with Gasteiger partial charge in [0.05, 0.1) is 26.7 Å². The highest BCUT2D eigenvalue weighted by molar-refractivity contribution is 5.81. The van der Waals surface area contributed by atoms with E-state index in [1.165, 1.54) is 12.7 Å². The molecular weight excluding hydrogens is 404 g/mol. The second-order valence-electron chi connectivity index (χ2n) is 7.52. The van der Waals surface area contributed by atoms with Gasteiger partial charge in [0.15, 0.2) is 29.2 Å². The smallest absolute Gasteiger partial charge is 0.167 e. The summed E-state index contributed by atoms with van der Waals surface area (Å²) in [5.74, 6) is 1.48. The molecule has 3 aromatic rings. The van der Waals surface area contributed by atoms with E-state index in [1.54, 1.807) is 18.8 Å². The molecule has 3 heterocycles. The highest BCUT2D eigenvalue weighted by atomic mass is 16.6. The minimum atomic E-state index is -1.17. The number of aliphatic hydroxyl groups excluding tert-OH is 2. The molecule has 0 saturated carbocycles. The summed E-state index contributed by atoms with van der Waals surface area (Å²) in [5.41, 5.74) is 13.9. The van der Waals surface area contributed by atoms with Gasteiger partial charge in [-0.3, -0.25) is 4.57 Å². The van der Waals surface area contributed by atoms with E-state index >= 15 is 0 Å². The van der Waals surface area contributed by atoms with Gasteiger partial charge in [-0.2, -0.15) is 0 Å². The standard InChI is InChI=1S/C20H26N6O5/c1-29-12-4-3-10(6-13(12)30-2)5-11(21)7-14-16(27)17(28)20(31-14)26-9-25-15-18(22)23-8-24-19(15)26/h3-4,6,8-9,11,14,16-17,20,27-28H,5,7,21H2,1-2H3,(H2,22,23,24)/t11?,14-,16-,17-,20-/m1/s1. The van der Waals surface area contributed by atoms with Crippen molar-refractivity contribution in [3.63, 3.8) is 0 Å². The van der Waals surface area contributed by atoms with Crippen LogP contribution in [0.2, 0.25) is 0 Å². The third-order valence-corrected chi connectivity index (χ3v) is 5.48. The third kappa shape index (κ3) is 4.00. The van der Waals surface area contributed by atoms with Crippen molar-refractivity contribution in [2.24, 2.45) is 5.73 Å². The Hall–Kier alpha value is -2.99. The molecule has 4 rings (SSSR count). The van der Waals surface area contributed by atoms with Crippen LogP contribution in [0.5, 0.6) is 11.5 Å². The predicted octanol–water partition coefficient (Wildman–Crippen LogP) is 0.00500. The highest BCUT2D eigenvalue weighted by Gasteiger charge is 2.44. The van der Waals surface area contributed by atoms with Crippen molar-refractivity contribution in [1.29, 1.82) is 0 Å². The normalized spacial score (nSPS) is 24.4. The lowest BCUT2D eigenvalue weighted by molar-refractivity contribution is -0.0385. The summed E-state index contributed by atoms with van der Waals surface area (Å²) in [6.07, 6.45) is -0.172. The Kier molecular flexibility index (Phi) is 5.92. The van der Waals surface area contributed by atoms with E-state index in [-0.39, 0.29) is 11.9 Å². The first-order chi connectivity index (χ1) is 14.9. The van der Waals surface area contributed by atoms with Gasteiger partial charge >= 0.3 is 0 Å². The Morgan fingerprint density at radius 2 is 1.90 bits per heavy atom. The second-order valence-corrected chi connectivity index (χ2v) is 7.52. The predicted molar refractivity (Wildman–Crippen MR) is 112 cm³/mol. The Labute approximate surface area is 178 Å². The van der Waals surface area contributed by atoms with Crippen LogP contribution < -0.4 is 20.9 Å². The third-order valence-electron chi connectivity index (χ3n) is 5.48. The molecule has 0 radical (unpaired) electrons. The zero-order chi connectivity index (χ0) is 22.1. The molecule has 0 spiro atoms. The maximum atomic E-state index is 10.6. The molecule has 6 N–H and O–H groups in total. The van der Waals surface area contributed by atoms with E-state index in [9.17, 15) is 10.2 Å². The number of aliphatic hydroxyl groups is 2. The number of benzene rings is 1. The van der Waals surface area contributed by atoms with Gasteiger partial charge in [0.1, 0.15) is 24.1 Å². The van der Waals surface area contributed by atoms with Gasteiger partial charge in [-0.05, 0) is 30.5 Å². The number of hydrogen-bond acceptors (Lipinski definition) is 10. The molecule has 1 fully saturated rings. The molecule has 1 aliphatic heterocycles. The zero-order valence-corrected chi connectivity index (χ0v) is 17.3. The van der Waals surface area contributed by atoms with E-state index in [4.69, 9.17) is 25.7 Å². The lowest BCUT2D eigenvalue weighted by atomic mass is 9.98. The van der Waals surface area contributed by atoms with Crippen LogP contribution in [-0.2, 0) is 11.2 Å². The molecule has 1 aliphatic rings. The van der Waals surface area contributed by atoms with Gasteiger partial charge in [-0.15, -0.1) is 0 Å². The maximum Gasteiger partial charge on any atom is 0.167 e. The lowest BCUT2D eigenvalue weighted by Crippen LogP contribution is -2.36. The van der Waals surface area contributed by atoms with Crippen molar-refractivity contribution in [1.82, 2.24) is 19.5 Å². The number of hydrogen-bond donors (Lipinski definition) is 4. The summed E-state index contributed by atoms with van der Waals surface area (Å²) < 4.78 is 18.1. The quantitative estimate of drug-likeness (QED) is 0.401. The lowest BCUT2D eigenvalue weighted by Gasteiger charge is -2.20. The number of anilines is 1. The van der Waals surface area contributed by atoms with Crippen LogP contribution in [-0.4, -0.2) is 68.3 Å². The van der Waals surface area contributed by atoms with Gasteiger partial charge in [0, 0.05) is 6.04 Å². The molecule has 11 heteroatoms. The van der Waals surface area contributed by atoms with Crippen molar-refractivity contribution in [3.8, 4) is 11.5 Å².